The number of amides is 1. The lowest BCUT2D eigenvalue weighted by atomic mass is 9.95. The van der Waals surface area contributed by atoms with Crippen LogP contribution in [0.3, 0.4) is 0 Å². The third-order valence-corrected chi connectivity index (χ3v) is 6.42. The molecule has 4 rings (SSSR count). The highest BCUT2D eigenvalue weighted by Gasteiger charge is 2.38. The van der Waals surface area contributed by atoms with Crippen LogP contribution in [0.1, 0.15) is 36.5 Å². The van der Waals surface area contributed by atoms with Crippen LogP contribution in [0.4, 0.5) is 4.79 Å². The number of benzene rings is 3. The predicted octanol–water partition coefficient (Wildman–Crippen LogP) is 5.75. The highest BCUT2D eigenvalue weighted by molar-refractivity contribution is 5.73. The largest absolute Gasteiger partial charge is 0.460 e. The quantitative estimate of drug-likeness (QED) is 0.341. The number of carbonyl (C=O) groups excluding carboxylic acids is 2. The summed E-state index contributed by atoms with van der Waals surface area (Å²) in [5, 5.41) is 0. The van der Waals surface area contributed by atoms with Gasteiger partial charge in [0.15, 0.2) is 0 Å². The van der Waals surface area contributed by atoms with Gasteiger partial charge >= 0.3 is 12.1 Å². The second kappa shape index (κ2) is 12.9. The van der Waals surface area contributed by atoms with E-state index in [1.54, 1.807) is 4.90 Å². The summed E-state index contributed by atoms with van der Waals surface area (Å²) >= 11 is 0. The Morgan fingerprint density at radius 3 is 2.00 bits per heavy atom. The van der Waals surface area contributed by atoms with E-state index in [1.807, 2.05) is 97.9 Å². The molecule has 6 nitrogen and oxygen atoms in total. The van der Waals surface area contributed by atoms with E-state index in [9.17, 15) is 9.59 Å². The maximum atomic E-state index is 13.5. The third kappa shape index (κ3) is 7.18. The third-order valence-electron chi connectivity index (χ3n) is 6.42. The van der Waals surface area contributed by atoms with Gasteiger partial charge in [-0.25, -0.2) is 4.79 Å². The van der Waals surface area contributed by atoms with Crippen LogP contribution < -0.4 is 0 Å². The monoisotopic (exact) mass is 487 g/mol. The van der Waals surface area contributed by atoms with Crippen molar-refractivity contribution in [2.75, 3.05) is 6.61 Å². The Hall–Kier alpha value is -3.64. The summed E-state index contributed by atoms with van der Waals surface area (Å²) < 4.78 is 17.7. The fraction of sp³-hybridized carbons (Fsp3) is 0.333. The maximum Gasteiger partial charge on any atom is 0.410 e. The van der Waals surface area contributed by atoms with E-state index in [4.69, 9.17) is 14.2 Å². The molecule has 0 aromatic heterocycles. The number of cyclic esters (lactones) is 1. The van der Waals surface area contributed by atoms with Crippen LogP contribution >= 0.6 is 0 Å². The van der Waals surface area contributed by atoms with E-state index in [0.717, 1.165) is 16.7 Å². The number of hydrogen-bond acceptors (Lipinski definition) is 5. The van der Waals surface area contributed by atoms with E-state index >= 15 is 0 Å². The van der Waals surface area contributed by atoms with E-state index < -0.39 is 18.2 Å². The Balaban J connectivity index is 1.55. The van der Waals surface area contributed by atoms with Gasteiger partial charge in [0.25, 0.3) is 0 Å². The molecule has 36 heavy (non-hydrogen) atoms. The van der Waals surface area contributed by atoms with Crippen molar-refractivity contribution in [1.29, 1.82) is 0 Å². The molecule has 0 aliphatic carbocycles. The summed E-state index contributed by atoms with van der Waals surface area (Å²) in [6, 6.07) is 28.7. The van der Waals surface area contributed by atoms with Crippen molar-refractivity contribution in [2.45, 2.75) is 51.7 Å². The lowest BCUT2D eigenvalue weighted by molar-refractivity contribution is -0.165. The van der Waals surface area contributed by atoms with Crippen molar-refractivity contribution in [3.8, 4) is 0 Å². The van der Waals surface area contributed by atoms with Crippen molar-refractivity contribution < 1.29 is 23.8 Å². The van der Waals surface area contributed by atoms with Crippen LogP contribution in [-0.4, -0.2) is 35.7 Å². The maximum absolute atomic E-state index is 13.5. The average molecular weight is 488 g/mol. The molecule has 3 atom stereocenters. The molecular weight excluding hydrogens is 454 g/mol. The van der Waals surface area contributed by atoms with Crippen LogP contribution in [0.25, 0.3) is 0 Å². The first-order valence-corrected chi connectivity index (χ1v) is 12.4. The summed E-state index contributed by atoms with van der Waals surface area (Å²) in [5.41, 5.74) is 2.89. The molecule has 0 saturated carbocycles. The zero-order valence-corrected chi connectivity index (χ0v) is 20.6. The molecule has 1 amide bonds. The predicted molar refractivity (Wildman–Crippen MR) is 137 cm³/mol. The SMILES string of the molecule is CC1CC[C@@H]([C@H](COCc2ccccc2)N(Cc2ccccc2)C(=O)OCc2ccccc2)OC1=O. The van der Waals surface area contributed by atoms with E-state index in [1.165, 1.54) is 0 Å². The van der Waals surface area contributed by atoms with Crippen LogP contribution in [0.15, 0.2) is 91.0 Å². The molecular formula is C30H33NO5. The summed E-state index contributed by atoms with van der Waals surface area (Å²) in [5.74, 6) is -0.392. The van der Waals surface area contributed by atoms with Gasteiger partial charge in [-0.2, -0.15) is 0 Å². The van der Waals surface area contributed by atoms with Gasteiger partial charge in [0.1, 0.15) is 12.7 Å². The van der Waals surface area contributed by atoms with Crippen molar-refractivity contribution in [1.82, 2.24) is 4.90 Å². The fourth-order valence-electron chi connectivity index (χ4n) is 4.30. The van der Waals surface area contributed by atoms with E-state index in [2.05, 4.69) is 0 Å². The molecule has 0 spiro atoms. The highest BCUT2D eigenvalue weighted by atomic mass is 16.6. The highest BCUT2D eigenvalue weighted by Crippen LogP contribution is 2.26. The fourth-order valence-corrected chi connectivity index (χ4v) is 4.30. The Morgan fingerprint density at radius 2 is 1.42 bits per heavy atom. The Labute approximate surface area is 212 Å². The second-order valence-corrected chi connectivity index (χ2v) is 9.18. The van der Waals surface area contributed by atoms with Gasteiger partial charge in [-0.15, -0.1) is 0 Å². The van der Waals surface area contributed by atoms with Crippen molar-refractivity contribution >= 4 is 12.1 Å². The molecule has 3 aromatic carbocycles. The summed E-state index contributed by atoms with van der Waals surface area (Å²) in [4.78, 5) is 27.6. The molecule has 1 aliphatic rings. The molecule has 1 saturated heterocycles. The summed E-state index contributed by atoms with van der Waals surface area (Å²) in [7, 11) is 0. The number of rotatable bonds is 10. The van der Waals surface area contributed by atoms with Crippen molar-refractivity contribution in [3.05, 3.63) is 108 Å². The van der Waals surface area contributed by atoms with Gasteiger partial charge in [-0.05, 0) is 29.5 Å². The van der Waals surface area contributed by atoms with Crippen molar-refractivity contribution in [2.24, 2.45) is 5.92 Å². The van der Waals surface area contributed by atoms with Gasteiger partial charge in [0.05, 0.1) is 25.2 Å². The second-order valence-electron chi connectivity index (χ2n) is 9.18. The van der Waals surface area contributed by atoms with Gasteiger partial charge in [0, 0.05) is 6.54 Å². The zero-order chi connectivity index (χ0) is 25.2. The van der Waals surface area contributed by atoms with E-state index in [-0.39, 0.29) is 25.1 Å². The van der Waals surface area contributed by atoms with Crippen LogP contribution in [0, 0.1) is 5.92 Å². The molecule has 0 radical (unpaired) electrons. The number of hydrogen-bond donors (Lipinski definition) is 0. The number of ether oxygens (including phenoxy) is 3. The molecule has 1 heterocycles. The van der Waals surface area contributed by atoms with Gasteiger partial charge < -0.3 is 14.2 Å². The first-order chi connectivity index (χ1) is 17.6. The minimum absolute atomic E-state index is 0.153. The van der Waals surface area contributed by atoms with Crippen LogP contribution in [0.2, 0.25) is 0 Å². The van der Waals surface area contributed by atoms with Gasteiger partial charge in [-0.1, -0.05) is 97.9 Å². The smallest absolute Gasteiger partial charge is 0.410 e. The molecule has 6 heteroatoms. The van der Waals surface area contributed by atoms with E-state index in [0.29, 0.717) is 26.0 Å². The molecule has 1 unspecified atom stereocenters. The Morgan fingerprint density at radius 1 is 0.861 bits per heavy atom. The molecule has 0 bridgehead atoms. The van der Waals surface area contributed by atoms with Crippen LogP contribution in [-0.2, 0) is 38.8 Å². The first kappa shape index (κ1) is 25.5. The molecule has 0 N–H and O–H groups in total. The minimum atomic E-state index is -0.492. The lowest BCUT2D eigenvalue weighted by Gasteiger charge is -2.38. The molecule has 188 valence electrons. The summed E-state index contributed by atoms with van der Waals surface area (Å²) in [6.45, 7) is 2.96. The molecule has 3 aromatic rings. The normalized spacial score (nSPS) is 18.2. The minimum Gasteiger partial charge on any atom is -0.460 e. The summed E-state index contributed by atoms with van der Waals surface area (Å²) in [6.07, 6.45) is 0.420. The Bertz CT molecular complexity index is 1090. The lowest BCUT2D eigenvalue weighted by Crippen LogP contribution is -2.52. The first-order valence-electron chi connectivity index (χ1n) is 12.4. The van der Waals surface area contributed by atoms with Crippen LogP contribution in [0.5, 0.6) is 0 Å². The van der Waals surface area contributed by atoms with Crippen molar-refractivity contribution in [3.63, 3.8) is 0 Å². The number of nitrogens with zero attached hydrogens (tertiary/aromatic N) is 1. The standard InChI is InChI=1S/C30H33NO5/c1-23-17-18-28(36-29(23)32)27(22-34-20-25-13-7-3-8-14-25)31(19-24-11-5-2-6-12-24)30(33)35-21-26-15-9-4-10-16-26/h2-16,23,27-28H,17-22H2,1H3/t23?,27-,28-/m0/s1. The Kier molecular flexibility index (Phi) is 9.11. The topological polar surface area (TPSA) is 65.1 Å². The zero-order valence-electron chi connectivity index (χ0n) is 20.6. The van der Waals surface area contributed by atoms with Gasteiger partial charge in [0.2, 0.25) is 0 Å². The number of carbonyl (C=O) groups is 2. The molecule has 1 aliphatic heterocycles. The van der Waals surface area contributed by atoms with Gasteiger partial charge in [-0.3, -0.25) is 9.69 Å². The number of esters is 1. The average Bonchev–Trinajstić information content (AvgIpc) is 2.92. The molecule has 1 fully saturated rings.